The Morgan fingerprint density at radius 3 is 2.67 bits per heavy atom. The normalized spacial score (nSPS) is 10.1. The minimum atomic E-state index is 0.608. The van der Waals surface area contributed by atoms with Gasteiger partial charge < -0.3 is 15.2 Å². The lowest BCUT2D eigenvalue weighted by Crippen LogP contribution is -1.94. The van der Waals surface area contributed by atoms with Crippen LogP contribution in [0, 0.1) is 0 Å². The molecule has 2 aromatic rings. The van der Waals surface area contributed by atoms with Crippen LogP contribution in [0.5, 0.6) is 11.5 Å². The average molecular weight is 244 g/mol. The molecule has 0 amide bonds. The monoisotopic (exact) mass is 244 g/mol. The van der Waals surface area contributed by atoms with E-state index in [1.807, 2.05) is 31.2 Å². The molecule has 0 saturated carbocycles. The Balaban J connectivity index is 2.36. The molecule has 2 rings (SSSR count). The number of hydrogen-bond acceptors (Lipinski definition) is 4. The molecule has 18 heavy (non-hydrogen) atoms. The maximum Gasteiger partial charge on any atom is 0.141 e. The Morgan fingerprint density at radius 2 is 2.00 bits per heavy atom. The van der Waals surface area contributed by atoms with Gasteiger partial charge in [-0.2, -0.15) is 0 Å². The van der Waals surface area contributed by atoms with Gasteiger partial charge in [0.25, 0.3) is 0 Å². The van der Waals surface area contributed by atoms with Gasteiger partial charge in [0.15, 0.2) is 0 Å². The first kappa shape index (κ1) is 12.2. The zero-order chi connectivity index (χ0) is 13.0. The molecule has 0 aliphatic carbocycles. The van der Waals surface area contributed by atoms with E-state index in [-0.39, 0.29) is 0 Å². The van der Waals surface area contributed by atoms with Gasteiger partial charge in [0.1, 0.15) is 11.5 Å². The van der Waals surface area contributed by atoms with Crippen LogP contribution in [0.25, 0.3) is 11.1 Å². The highest BCUT2D eigenvalue weighted by atomic mass is 16.5. The number of methoxy groups -OCH3 is 1. The highest BCUT2D eigenvalue weighted by molar-refractivity contribution is 5.70. The topological polar surface area (TPSA) is 57.4 Å². The summed E-state index contributed by atoms with van der Waals surface area (Å²) in [6.45, 7) is 2.56. The number of ether oxygens (including phenoxy) is 2. The smallest absolute Gasteiger partial charge is 0.141 e. The number of aromatic nitrogens is 1. The van der Waals surface area contributed by atoms with Gasteiger partial charge in [0.05, 0.1) is 25.6 Å². The minimum Gasteiger partial charge on any atom is -0.495 e. The molecule has 2 N–H and O–H groups in total. The van der Waals surface area contributed by atoms with E-state index in [1.165, 1.54) is 0 Å². The molecule has 0 unspecified atom stereocenters. The van der Waals surface area contributed by atoms with Gasteiger partial charge in [0.2, 0.25) is 0 Å². The Kier molecular flexibility index (Phi) is 3.67. The number of nitrogens with zero attached hydrogens (tertiary/aromatic N) is 1. The van der Waals surface area contributed by atoms with Gasteiger partial charge in [-0.1, -0.05) is 6.07 Å². The zero-order valence-electron chi connectivity index (χ0n) is 10.5. The second-order valence-electron chi connectivity index (χ2n) is 3.80. The second kappa shape index (κ2) is 5.40. The quantitative estimate of drug-likeness (QED) is 0.840. The van der Waals surface area contributed by atoms with Crippen LogP contribution < -0.4 is 15.2 Å². The van der Waals surface area contributed by atoms with Crippen molar-refractivity contribution in [2.45, 2.75) is 6.92 Å². The lowest BCUT2D eigenvalue weighted by atomic mass is 10.1. The number of pyridine rings is 1. The third-order valence-electron chi connectivity index (χ3n) is 2.59. The first-order chi connectivity index (χ1) is 8.74. The largest absolute Gasteiger partial charge is 0.495 e. The number of nitrogens with two attached hydrogens (primary N) is 1. The Bertz CT molecular complexity index is 541. The third kappa shape index (κ3) is 2.53. The van der Waals surface area contributed by atoms with E-state index in [0.29, 0.717) is 18.0 Å². The molecule has 94 valence electrons. The molecule has 0 radical (unpaired) electrons. The van der Waals surface area contributed by atoms with Gasteiger partial charge in [-0.3, -0.25) is 4.98 Å². The van der Waals surface area contributed by atoms with Crippen molar-refractivity contribution in [1.82, 2.24) is 4.98 Å². The van der Waals surface area contributed by atoms with Crippen LogP contribution in [0.2, 0.25) is 0 Å². The van der Waals surface area contributed by atoms with E-state index in [0.717, 1.165) is 16.9 Å². The molecule has 0 aliphatic heterocycles. The molecular weight excluding hydrogens is 228 g/mol. The predicted octanol–water partition coefficient (Wildman–Crippen LogP) is 2.74. The average Bonchev–Trinajstić information content (AvgIpc) is 2.39. The van der Waals surface area contributed by atoms with Crippen LogP contribution in [-0.2, 0) is 0 Å². The Morgan fingerprint density at radius 1 is 1.17 bits per heavy atom. The maximum atomic E-state index is 5.89. The predicted molar refractivity (Wildman–Crippen MR) is 71.8 cm³/mol. The van der Waals surface area contributed by atoms with E-state index in [9.17, 15) is 0 Å². The van der Waals surface area contributed by atoms with Crippen LogP contribution in [0.15, 0.2) is 36.7 Å². The van der Waals surface area contributed by atoms with Crippen LogP contribution in [0.3, 0.4) is 0 Å². The van der Waals surface area contributed by atoms with Crippen LogP contribution >= 0.6 is 0 Å². The van der Waals surface area contributed by atoms with E-state index >= 15 is 0 Å². The fourth-order valence-corrected chi connectivity index (χ4v) is 1.74. The summed E-state index contributed by atoms with van der Waals surface area (Å²) in [6, 6.07) is 7.60. The first-order valence-electron chi connectivity index (χ1n) is 5.76. The minimum absolute atomic E-state index is 0.608. The number of anilines is 1. The summed E-state index contributed by atoms with van der Waals surface area (Å²) in [5.74, 6) is 1.43. The van der Waals surface area contributed by atoms with Crippen molar-refractivity contribution >= 4 is 5.69 Å². The zero-order valence-corrected chi connectivity index (χ0v) is 10.5. The van der Waals surface area contributed by atoms with Gasteiger partial charge in [-0.25, -0.2) is 0 Å². The van der Waals surface area contributed by atoms with Crippen molar-refractivity contribution in [3.8, 4) is 22.6 Å². The van der Waals surface area contributed by atoms with Crippen LogP contribution in [-0.4, -0.2) is 18.7 Å². The van der Waals surface area contributed by atoms with Crippen molar-refractivity contribution in [2.75, 3.05) is 19.5 Å². The number of nitrogen functional groups attached to an aromatic ring is 1. The lowest BCUT2D eigenvalue weighted by molar-refractivity contribution is 0.339. The van der Waals surface area contributed by atoms with Crippen molar-refractivity contribution in [3.63, 3.8) is 0 Å². The Hall–Kier alpha value is -2.23. The van der Waals surface area contributed by atoms with E-state index in [1.54, 1.807) is 19.5 Å². The van der Waals surface area contributed by atoms with Gasteiger partial charge in [-0.15, -0.1) is 0 Å². The number of hydrogen-bond donors (Lipinski definition) is 1. The molecule has 1 aromatic heterocycles. The SMILES string of the molecule is CCOc1cncc(-c2ccc(OC)c(N)c2)c1. The van der Waals surface area contributed by atoms with Gasteiger partial charge in [0, 0.05) is 11.8 Å². The fraction of sp³-hybridized carbons (Fsp3) is 0.214. The van der Waals surface area contributed by atoms with Crippen molar-refractivity contribution in [1.29, 1.82) is 0 Å². The summed E-state index contributed by atoms with van der Waals surface area (Å²) >= 11 is 0. The molecule has 0 spiro atoms. The van der Waals surface area contributed by atoms with Crippen molar-refractivity contribution in [3.05, 3.63) is 36.7 Å². The van der Waals surface area contributed by atoms with E-state index in [2.05, 4.69) is 4.98 Å². The Labute approximate surface area is 106 Å². The number of rotatable bonds is 4. The summed E-state index contributed by atoms with van der Waals surface area (Å²) in [5.41, 5.74) is 8.45. The van der Waals surface area contributed by atoms with Crippen molar-refractivity contribution in [2.24, 2.45) is 0 Å². The van der Waals surface area contributed by atoms with E-state index < -0.39 is 0 Å². The molecule has 0 saturated heterocycles. The number of benzene rings is 1. The van der Waals surface area contributed by atoms with E-state index in [4.69, 9.17) is 15.2 Å². The second-order valence-corrected chi connectivity index (χ2v) is 3.80. The summed E-state index contributed by atoms with van der Waals surface area (Å²) in [7, 11) is 1.60. The van der Waals surface area contributed by atoms with Crippen molar-refractivity contribution < 1.29 is 9.47 Å². The molecule has 1 aromatic carbocycles. The van der Waals surface area contributed by atoms with Crippen LogP contribution in [0.1, 0.15) is 6.92 Å². The summed E-state index contributed by atoms with van der Waals surface area (Å²) in [5, 5.41) is 0. The molecule has 0 aliphatic rings. The lowest BCUT2D eigenvalue weighted by Gasteiger charge is -2.08. The highest BCUT2D eigenvalue weighted by Gasteiger charge is 2.04. The van der Waals surface area contributed by atoms with Crippen LogP contribution in [0.4, 0.5) is 5.69 Å². The fourth-order valence-electron chi connectivity index (χ4n) is 1.74. The summed E-state index contributed by atoms with van der Waals surface area (Å²) in [4.78, 5) is 4.15. The first-order valence-corrected chi connectivity index (χ1v) is 5.76. The van der Waals surface area contributed by atoms with Gasteiger partial charge in [-0.05, 0) is 30.7 Å². The molecule has 4 nitrogen and oxygen atoms in total. The molecular formula is C14H16N2O2. The standard InChI is InChI=1S/C14H16N2O2/c1-3-18-12-6-11(8-16-9-12)10-4-5-14(17-2)13(15)7-10/h4-9H,3,15H2,1-2H3. The van der Waals surface area contributed by atoms with Gasteiger partial charge >= 0.3 is 0 Å². The molecule has 4 heteroatoms. The maximum absolute atomic E-state index is 5.89. The summed E-state index contributed by atoms with van der Waals surface area (Å²) in [6.07, 6.45) is 3.48. The summed E-state index contributed by atoms with van der Waals surface area (Å²) < 4.78 is 10.6. The molecule has 1 heterocycles. The molecule has 0 fully saturated rings. The molecule has 0 bridgehead atoms. The highest BCUT2D eigenvalue weighted by Crippen LogP contribution is 2.29. The molecule has 0 atom stereocenters. The third-order valence-corrected chi connectivity index (χ3v) is 2.59.